The Balaban J connectivity index is 2.29. The Kier molecular flexibility index (Phi) is 3.30. The highest BCUT2D eigenvalue weighted by molar-refractivity contribution is 4.81. The summed E-state index contributed by atoms with van der Waals surface area (Å²) in [7, 11) is 0. The third kappa shape index (κ3) is 2.77. The van der Waals surface area contributed by atoms with Gasteiger partial charge in [0.25, 0.3) is 0 Å². The van der Waals surface area contributed by atoms with E-state index in [0.717, 1.165) is 25.9 Å². The van der Waals surface area contributed by atoms with E-state index in [1.807, 2.05) is 6.92 Å². The first-order chi connectivity index (χ1) is 5.20. The van der Waals surface area contributed by atoms with E-state index in [0.29, 0.717) is 5.92 Å². The molecule has 0 amide bonds. The summed E-state index contributed by atoms with van der Waals surface area (Å²) in [6, 6.07) is 0.283. The van der Waals surface area contributed by atoms with Gasteiger partial charge in [-0.2, -0.15) is 0 Å². The largest absolute Gasteiger partial charge is 0.393 e. The third-order valence-corrected chi connectivity index (χ3v) is 2.31. The molecule has 1 fully saturated rings. The molecule has 0 saturated carbocycles. The van der Waals surface area contributed by atoms with Crippen molar-refractivity contribution in [2.75, 3.05) is 13.1 Å². The molecular weight excluding hydrogens is 140 g/mol. The van der Waals surface area contributed by atoms with Crippen molar-refractivity contribution in [3.63, 3.8) is 0 Å². The molecule has 1 saturated heterocycles. The average Bonchev–Trinajstić information content (AvgIpc) is 1.93. The Bertz CT molecular complexity index is 117. The van der Waals surface area contributed by atoms with E-state index in [2.05, 4.69) is 5.32 Å². The molecule has 66 valence electrons. The second kappa shape index (κ2) is 4.04. The van der Waals surface area contributed by atoms with Crippen molar-refractivity contribution >= 4 is 0 Å². The maximum absolute atomic E-state index is 9.14. The van der Waals surface area contributed by atoms with Crippen LogP contribution in [0.1, 0.15) is 19.8 Å². The fraction of sp³-hybridized carbons (Fsp3) is 1.00. The van der Waals surface area contributed by atoms with Gasteiger partial charge in [-0.05, 0) is 38.8 Å². The van der Waals surface area contributed by atoms with E-state index in [4.69, 9.17) is 10.8 Å². The molecule has 1 aliphatic heterocycles. The molecule has 0 aromatic carbocycles. The lowest BCUT2D eigenvalue weighted by molar-refractivity contribution is 0.143. The Morgan fingerprint density at radius 1 is 1.73 bits per heavy atom. The highest BCUT2D eigenvalue weighted by atomic mass is 16.3. The second-order valence-corrected chi connectivity index (χ2v) is 3.50. The zero-order valence-electron chi connectivity index (χ0n) is 7.09. The number of rotatable bonds is 2. The van der Waals surface area contributed by atoms with Gasteiger partial charge in [-0.15, -0.1) is 0 Å². The Hall–Kier alpha value is -0.120. The molecule has 3 atom stereocenters. The summed E-state index contributed by atoms with van der Waals surface area (Å²) < 4.78 is 0. The van der Waals surface area contributed by atoms with Crippen molar-refractivity contribution in [1.82, 2.24) is 5.32 Å². The molecule has 3 unspecified atom stereocenters. The molecule has 1 aliphatic rings. The van der Waals surface area contributed by atoms with E-state index in [1.165, 1.54) is 0 Å². The van der Waals surface area contributed by atoms with Crippen LogP contribution in [0.15, 0.2) is 0 Å². The lowest BCUT2D eigenvalue weighted by Gasteiger charge is -2.30. The van der Waals surface area contributed by atoms with Gasteiger partial charge in [0.1, 0.15) is 0 Å². The van der Waals surface area contributed by atoms with Crippen LogP contribution >= 0.6 is 0 Å². The smallest absolute Gasteiger partial charge is 0.0515 e. The molecule has 0 aliphatic carbocycles. The number of hydrogen-bond acceptors (Lipinski definition) is 3. The standard InChI is InChI=1S/C8H18N2O/c1-6(11)4-7-5-10-3-2-8(7)9/h6-8,10-11H,2-5,9H2,1H3. The van der Waals surface area contributed by atoms with Crippen LogP contribution in [0.5, 0.6) is 0 Å². The highest BCUT2D eigenvalue weighted by Gasteiger charge is 2.22. The number of hydrogen-bond donors (Lipinski definition) is 3. The van der Waals surface area contributed by atoms with E-state index >= 15 is 0 Å². The predicted octanol–water partition coefficient (Wildman–Crippen LogP) is -0.306. The molecule has 0 spiro atoms. The Morgan fingerprint density at radius 3 is 3.00 bits per heavy atom. The molecule has 3 heteroatoms. The molecule has 1 rings (SSSR count). The Morgan fingerprint density at radius 2 is 2.45 bits per heavy atom. The highest BCUT2D eigenvalue weighted by Crippen LogP contribution is 2.14. The van der Waals surface area contributed by atoms with Crippen LogP contribution in [-0.4, -0.2) is 30.3 Å². The van der Waals surface area contributed by atoms with Gasteiger partial charge in [0.2, 0.25) is 0 Å². The van der Waals surface area contributed by atoms with Gasteiger partial charge in [-0.25, -0.2) is 0 Å². The Labute approximate surface area is 68.0 Å². The van der Waals surface area contributed by atoms with Gasteiger partial charge < -0.3 is 16.2 Å². The second-order valence-electron chi connectivity index (χ2n) is 3.50. The molecule has 0 bridgehead atoms. The fourth-order valence-corrected chi connectivity index (χ4v) is 1.64. The monoisotopic (exact) mass is 158 g/mol. The zero-order chi connectivity index (χ0) is 8.27. The molecule has 4 N–H and O–H groups in total. The molecule has 3 nitrogen and oxygen atoms in total. The van der Waals surface area contributed by atoms with Crippen molar-refractivity contribution in [2.24, 2.45) is 11.7 Å². The molecule has 0 aromatic heterocycles. The quantitative estimate of drug-likeness (QED) is 0.517. The topological polar surface area (TPSA) is 58.3 Å². The lowest BCUT2D eigenvalue weighted by atomic mass is 9.89. The molecular formula is C8H18N2O. The maximum Gasteiger partial charge on any atom is 0.0515 e. The minimum absolute atomic E-state index is 0.217. The van der Waals surface area contributed by atoms with Crippen LogP contribution in [0.2, 0.25) is 0 Å². The van der Waals surface area contributed by atoms with Crippen molar-refractivity contribution in [3.8, 4) is 0 Å². The van der Waals surface area contributed by atoms with Crippen LogP contribution < -0.4 is 11.1 Å². The summed E-state index contributed by atoms with van der Waals surface area (Å²) in [5.74, 6) is 0.462. The van der Waals surface area contributed by atoms with Crippen molar-refractivity contribution in [2.45, 2.75) is 31.9 Å². The zero-order valence-corrected chi connectivity index (χ0v) is 7.09. The minimum Gasteiger partial charge on any atom is -0.393 e. The molecule has 0 radical (unpaired) electrons. The van der Waals surface area contributed by atoms with Crippen LogP contribution in [0.25, 0.3) is 0 Å². The number of piperidine rings is 1. The number of aliphatic hydroxyl groups excluding tert-OH is 1. The maximum atomic E-state index is 9.14. The van der Waals surface area contributed by atoms with Gasteiger partial charge >= 0.3 is 0 Å². The summed E-state index contributed by atoms with van der Waals surface area (Å²) in [6.45, 7) is 3.81. The lowest BCUT2D eigenvalue weighted by Crippen LogP contribution is -2.45. The third-order valence-electron chi connectivity index (χ3n) is 2.31. The minimum atomic E-state index is -0.217. The van der Waals surface area contributed by atoms with E-state index in [9.17, 15) is 0 Å². The predicted molar refractivity (Wildman–Crippen MR) is 45.2 cm³/mol. The van der Waals surface area contributed by atoms with Crippen LogP contribution in [0.3, 0.4) is 0 Å². The first kappa shape index (κ1) is 8.97. The van der Waals surface area contributed by atoms with Crippen molar-refractivity contribution in [3.05, 3.63) is 0 Å². The first-order valence-corrected chi connectivity index (χ1v) is 4.34. The molecule has 0 aromatic rings. The van der Waals surface area contributed by atoms with Gasteiger partial charge in [0.15, 0.2) is 0 Å². The first-order valence-electron chi connectivity index (χ1n) is 4.34. The summed E-state index contributed by atoms with van der Waals surface area (Å²) in [4.78, 5) is 0. The van der Waals surface area contributed by atoms with E-state index in [1.54, 1.807) is 0 Å². The molecule has 11 heavy (non-hydrogen) atoms. The van der Waals surface area contributed by atoms with Crippen molar-refractivity contribution in [1.29, 1.82) is 0 Å². The summed E-state index contributed by atoms with van der Waals surface area (Å²) in [6.07, 6.45) is 1.65. The van der Waals surface area contributed by atoms with Gasteiger partial charge in [0.05, 0.1) is 6.10 Å². The molecule has 1 heterocycles. The van der Waals surface area contributed by atoms with Crippen LogP contribution in [0.4, 0.5) is 0 Å². The summed E-state index contributed by atoms with van der Waals surface area (Å²) >= 11 is 0. The van der Waals surface area contributed by atoms with E-state index in [-0.39, 0.29) is 12.1 Å². The van der Waals surface area contributed by atoms with Gasteiger partial charge in [-0.1, -0.05) is 0 Å². The van der Waals surface area contributed by atoms with Gasteiger partial charge in [-0.3, -0.25) is 0 Å². The van der Waals surface area contributed by atoms with Crippen LogP contribution in [-0.2, 0) is 0 Å². The number of aliphatic hydroxyl groups is 1. The average molecular weight is 158 g/mol. The summed E-state index contributed by atoms with van der Waals surface area (Å²) in [5, 5.41) is 12.4. The van der Waals surface area contributed by atoms with E-state index < -0.39 is 0 Å². The summed E-state index contributed by atoms with van der Waals surface area (Å²) in [5.41, 5.74) is 5.88. The van der Waals surface area contributed by atoms with Crippen LogP contribution in [0, 0.1) is 5.92 Å². The SMILES string of the molecule is CC(O)CC1CNCCC1N. The van der Waals surface area contributed by atoms with Crippen molar-refractivity contribution < 1.29 is 5.11 Å². The normalized spacial score (nSPS) is 35.2. The number of nitrogens with one attached hydrogen (secondary N) is 1. The van der Waals surface area contributed by atoms with Gasteiger partial charge in [0, 0.05) is 6.04 Å². The fourth-order valence-electron chi connectivity index (χ4n) is 1.64. The number of nitrogens with two attached hydrogens (primary N) is 1.